The lowest BCUT2D eigenvalue weighted by atomic mass is 10.0. The second kappa shape index (κ2) is 21.2. The van der Waals surface area contributed by atoms with E-state index in [1.54, 1.807) is 6.07 Å². The molecule has 286 valence electrons. The molecule has 1 amide bonds. The minimum absolute atomic E-state index is 0.0966. The van der Waals surface area contributed by atoms with Gasteiger partial charge in [-0.2, -0.15) is 0 Å². The molecule has 1 heterocycles. The molecule has 0 unspecified atom stereocenters. The van der Waals surface area contributed by atoms with E-state index in [1.807, 2.05) is 38.1 Å². The molecule has 0 saturated carbocycles. The van der Waals surface area contributed by atoms with Crippen molar-refractivity contribution in [1.82, 2.24) is 25.3 Å². The van der Waals surface area contributed by atoms with Crippen molar-refractivity contribution >= 4 is 5.91 Å². The summed E-state index contributed by atoms with van der Waals surface area (Å²) in [7, 11) is 0. The highest BCUT2D eigenvalue weighted by molar-refractivity contribution is 5.97. The fourth-order valence-electron chi connectivity index (χ4n) is 6.88. The molecule has 3 aromatic rings. The molecule has 0 bridgehead atoms. The largest absolute Gasteiger partial charge is 0.507 e. The first-order chi connectivity index (χ1) is 25.1. The molecule has 8 N–H and O–H groups in total. The third kappa shape index (κ3) is 12.5. The third-order valence-corrected chi connectivity index (χ3v) is 9.67. The van der Waals surface area contributed by atoms with E-state index in [9.17, 15) is 35.4 Å². The molecule has 0 atom stereocenters. The Morgan fingerprint density at radius 2 is 1.10 bits per heavy atom. The van der Waals surface area contributed by atoms with E-state index in [1.165, 1.54) is 5.56 Å². The molecule has 0 radical (unpaired) electrons. The predicted octanol–water partition coefficient (Wildman–Crippen LogP) is 2.23. The van der Waals surface area contributed by atoms with Crippen molar-refractivity contribution in [3.05, 3.63) is 93.5 Å². The standard InChI is InChI=1S/C40H59N5O7/c1-29-17-32(21-41-35(25-46)26-47)38(50)33(18-29)23-44-13-6-11-43(22-31-9-4-3-5-10-31)12-7-14-45(16-8-15-44)24-34-19-30(2)20-37(39(34)51)40(52)42-36(27-48)28-49/h3-5,9-10,17-20,35-36,41,46-51H,6-8,11-16,21-28H2,1-2H3,(H,42,52). The molecular formula is C40H59N5O7. The van der Waals surface area contributed by atoms with Crippen LogP contribution >= 0.6 is 0 Å². The molecule has 1 aliphatic rings. The van der Waals surface area contributed by atoms with Crippen LogP contribution in [0.4, 0.5) is 0 Å². The van der Waals surface area contributed by atoms with Crippen molar-refractivity contribution in [2.45, 2.75) is 71.4 Å². The van der Waals surface area contributed by atoms with E-state index in [4.69, 9.17) is 0 Å². The Hall–Kier alpha value is -3.59. The topological polar surface area (TPSA) is 172 Å². The SMILES string of the molecule is Cc1cc(CNC(CO)CO)c(O)c(CN2CCCN(Cc3ccccc3)CCCN(Cc3cc(C)cc(C(=O)NC(CO)CO)c3O)CCC2)c1. The van der Waals surface area contributed by atoms with Crippen molar-refractivity contribution in [2.24, 2.45) is 0 Å². The van der Waals surface area contributed by atoms with Gasteiger partial charge in [0.15, 0.2) is 0 Å². The van der Waals surface area contributed by atoms with E-state index in [2.05, 4.69) is 49.6 Å². The molecule has 12 nitrogen and oxygen atoms in total. The van der Waals surface area contributed by atoms with Crippen molar-refractivity contribution in [3.63, 3.8) is 0 Å². The van der Waals surface area contributed by atoms with Gasteiger partial charge in [0.1, 0.15) is 11.5 Å². The van der Waals surface area contributed by atoms with Crippen molar-refractivity contribution in [1.29, 1.82) is 0 Å². The van der Waals surface area contributed by atoms with Crippen LogP contribution in [0.15, 0.2) is 54.6 Å². The number of benzene rings is 3. The lowest BCUT2D eigenvalue weighted by molar-refractivity contribution is 0.0876. The Balaban J connectivity index is 1.54. The Morgan fingerprint density at radius 3 is 1.62 bits per heavy atom. The second-order valence-corrected chi connectivity index (χ2v) is 14.1. The maximum atomic E-state index is 13.0. The van der Waals surface area contributed by atoms with Gasteiger partial charge in [-0.05, 0) is 89.6 Å². The van der Waals surface area contributed by atoms with E-state index in [0.717, 1.165) is 87.3 Å². The summed E-state index contributed by atoms with van der Waals surface area (Å²) in [6, 6.07) is 16.7. The van der Waals surface area contributed by atoms with Crippen LogP contribution in [0.2, 0.25) is 0 Å². The summed E-state index contributed by atoms with van der Waals surface area (Å²) >= 11 is 0. The van der Waals surface area contributed by atoms with E-state index >= 15 is 0 Å². The van der Waals surface area contributed by atoms with Crippen molar-refractivity contribution in [2.75, 3.05) is 65.7 Å². The first-order valence-electron chi connectivity index (χ1n) is 18.5. The molecule has 1 fully saturated rings. The predicted molar refractivity (Wildman–Crippen MR) is 202 cm³/mol. The lowest BCUT2D eigenvalue weighted by Gasteiger charge is -2.31. The molecular weight excluding hydrogens is 662 g/mol. The van der Waals surface area contributed by atoms with Crippen LogP contribution in [0.5, 0.6) is 11.5 Å². The summed E-state index contributed by atoms with van der Waals surface area (Å²) < 4.78 is 0. The maximum Gasteiger partial charge on any atom is 0.255 e. The highest BCUT2D eigenvalue weighted by Crippen LogP contribution is 2.28. The number of aryl methyl sites for hydroxylation is 2. The Kier molecular flexibility index (Phi) is 16.8. The number of phenols is 2. The van der Waals surface area contributed by atoms with Gasteiger partial charge in [-0.1, -0.05) is 54.1 Å². The number of hydrogen-bond acceptors (Lipinski definition) is 11. The van der Waals surface area contributed by atoms with Gasteiger partial charge in [-0.15, -0.1) is 0 Å². The third-order valence-electron chi connectivity index (χ3n) is 9.67. The number of aliphatic hydroxyl groups excluding tert-OH is 4. The van der Waals surface area contributed by atoms with E-state index in [-0.39, 0.29) is 30.3 Å². The van der Waals surface area contributed by atoms with Crippen LogP contribution in [0.1, 0.15) is 63.0 Å². The Labute approximate surface area is 308 Å². The number of nitrogens with zero attached hydrogens (tertiary/aromatic N) is 3. The van der Waals surface area contributed by atoms with E-state index in [0.29, 0.717) is 25.2 Å². The second-order valence-electron chi connectivity index (χ2n) is 14.1. The normalized spacial score (nSPS) is 15.8. The fraction of sp³-hybridized carbons (Fsp3) is 0.525. The number of rotatable bonds is 15. The average molecular weight is 722 g/mol. The minimum atomic E-state index is -0.817. The van der Waals surface area contributed by atoms with Gasteiger partial charge in [0, 0.05) is 42.9 Å². The monoisotopic (exact) mass is 721 g/mol. The molecule has 1 aliphatic heterocycles. The molecule has 1 saturated heterocycles. The smallest absolute Gasteiger partial charge is 0.255 e. The summed E-state index contributed by atoms with van der Waals surface area (Å²) in [6.45, 7) is 9.90. The Bertz CT molecular complexity index is 1530. The van der Waals surface area contributed by atoms with Gasteiger partial charge in [0.2, 0.25) is 0 Å². The van der Waals surface area contributed by atoms with Crippen LogP contribution < -0.4 is 10.6 Å². The van der Waals surface area contributed by atoms with Crippen LogP contribution in [0.25, 0.3) is 0 Å². The molecule has 0 aromatic heterocycles. The van der Waals surface area contributed by atoms with Gasteiger partial charge < -0.3 is 41.3 Å². The molecule has 3 aromatic carbocycles. The number of carbonyl (C=O) groups is 1. The number of amides is 1. The minimum Gasteiger partial charge on any atom is -0.507 e. The Morgan fingerprint density at radius 1 is 0.635 bits per heavy atom. The first-order valence-corrected chi connectivity index (χ1v) is 18.5. The van der Waals surface area contributed by atoms with Gasteiger partial charge in [-0.3, -0.25) is 19.5 Å². The molecule has 0 aliphatic carbocycles. The zero-order valence-corrected chi connectivity index (χ0v) is 30.8. The number of nitrogens with one attached hydrogen (secondary N) is 2. The lowest BCUT2D eigenvalue weighted by Crippen LogP contribution is -2.40. The van der Waals surface area contributed by atoms with E-state index < -0.39 is 31.2 Å². The quantitative estimate of drug-likeness (QED) is 0.116. The van der Waals surface area contributed by atoms with Crippen LogP contribution in [0.3, 0.4) is 0 Å². The zero-order chi connectivity index (χ0) is 37.5. The summed E-state index contributed by atoms with van der Waals surface area (Å²) in [5.41, 5.74) is 5.45. The van der Waals surface area contributed by atoms with Gasteiger partial charge in [0.05, 0.1) is 44.1 Å². The number of phenolic OH excluding ortho intramolecular Hbond substituents is 2. The summed E-state index contributed by atoms with van der Waals surface area (Å²) in [5, 5.41) is 66.2. The number of aliphatic hydroxyl groups is 4. The summed E-state index contributed by atoms with van der Waals surface area (Å²) in [5.74, 6) is -0.415. The summed E-state index contributed by atoms with van der Waals surface area (Å²) in [4.78, 5) is 20.2. The maximum absolute atomic E-state index is 13.0. The zero-order valence-electron chi connectivity index (χ0n) is 30.8. The van der Waals surface area contributed by atoms with Gasteiger partial charge >= 0.3 is 0 Å². The van der Waals surface area contributed by atoms with Crippen LogP contribution in [-0.2, 0) is 26.2 Å². The van der Waals surface area contributed by atoms with Gasteiger partial charge in [0.25, 0.3) is 5.91 Å². The molecule has 12 heteroatoms. The summed E-state index contributed by atoms with van der Waals surface area (Å²) in [6.07, 6.45) is 2.77. The highest BCUT2D eigenvalue weighted by atomic mass is 16.3. The molecule has 0 spiro atoms. The van der Waals surface area contributed by atoms with Crippen molar-refractivity contribution in [3.8, 4) is 11.5 Å². The fourth-order valence-corrected chi connectivity index (χ4v) is 6.88. The first kappa shape index (κ1) is 41.2. The number of aromatic hydroxyl groups is 2. The van der Waals surface area contributed by atoms with Crippen LogP contribution in [-0.4, -0.2) is 129 Å². The van der Waals surface area contributed by atoms with Crippen molar-refractivity contribution < 1.29 is 35.4 Å². The average Bonchev–Trinajstić information content (AvgIpc) is 3.13. The number of hydrogen-bond donors (Lipinski definition) is 8. The van der Waals surface area contributed by atoms with Crippen LogP contribution in [0, 0.1) is 13.8 Å². The van der Waals surface area contributed by atoms with Gasteiger partial charge in [-0.25, -0.2) is 0 Å². The molecule has 52 heavy (non-hydrogen) atoms. The number of carbonyl (C=O) groups excluding carboxylic acids is 1. The molecule has 4 rings (SSSR count). The highest BCUT2D eigenvalue weighted by Gasteiger charge is 2.21.